The minimum absolute atomic E-state index is 0.0855. The third-order valence-corrected chi connectivity index (χ3v) is 4.53. The Hall–Kier alpha value is -3.12. The Morgan fingerprint density at radius 3 is 2.21 bits per heavy atom. The molecule has 0 unspecified atom stereocenters. The van der Waals surface area contributed by atoms with Crippen molar-refractivity contribution in [1.82, 2.24) is 9.97 Å². The fourth-order valence-corrected chi connectivity index (χ4v) is 3.11. The molecule has 0 radical (unpaired) electrons. The molecule has 0 bridgehead atoms. The van der Waals surface area contributed by atoms with E-state index >= 15 is 0 Å². The number of nitrogens with one attached hydrogen (secondary N) is 1. The highest BCUT2D eigenvalue weighted by molar-refractivity contribution is 6.30. The second kappa shape index (κ2) is 7.37. The van der Waals surface area contributed by atoms with Crippen molar-refractivity contribution in [2.45, 2.75) is 20.0 Å². The summed E-state index contributed by atoms with van der Waals surface area (Å²) in [7, 11) is 0. The van der Waals surface area contributed by atoms with Crippen molar-refractivity contribution in [1.29, 1.82) is 0 Å². The molecule has 0 aliphatic rings. The zero-order valence-electron chi connectivity index (χ0n) is 15.7. The minimum Gasteiger partial charge on any atom is -0.453 e. The lowest BCUT2D eigenvalue weighted by atomic mass is 10.1. The van der Waals surface area contributed by atoms with Crippen molar-refractivity contribution >= 4 is 11.6 Å². The molecule has 1 N–H and O–H groups in total. The number of furan rings is 1. The number of nitrogens with zero attached hydrogens (tertiary/aromatic N) is 1. The number of aromatic nitrogens is 2. The summed E-state index contributed by atoms with van der Waals surface area (Å²) >= 11 is 5.95. The van der Waals surface area contributed by atoms with Gasteiger partial charge in [0.2, 0.25) is 0 Å². The van der Waals surface area contributed by atoms with E-state index in [0.717, 1.165) is 22.5 Å². The van der Waals surface area contributed by atoms with E-state index in [-0.39, 0.29) is 5.75 Å². The Kier molecular flexibility index (Phi) is 4.88. The summed E-state index contributed by atoms with van der Waals surface area (Å²) in [6, 6.07) is 17.3. The molecule has 0 aliphatic carbocycles. The molecule has 0 saturated heterocycles. The van der Waals surface area contributed by atoms with Crippen LogP contribution >= 0.6 is 11.6 Å². The Bertz CT molecular complexity index is 1130. The van der Waals surface area contributed by atoms with Crippen LogP contribution in [0.15, 0.2) is 65.1 Å². The Labute approximate surface area is 171 Å². The van der Waals surface area contributed by atoms with Gasteiger partial charge in [0.25, 0.3) is 0 Å². The summed E-state index contributed by atoms with van der Waals surface area (Å²) in [5.74, 6) is 1.85. The monoisotopic (exact) mass is 414 g/mol. The standard InChI is InChI=1S/C22H17ClF2N2O2/c1-13-20(15-3-7-16(23)8-4-15)27-21(26-13)19-12-11-18(28-19)14-5-9-17(10-6-14)29-22(2,24)25/h3-12H,1-2H3,(H,26,27). The fourth-order valence-electron chi connectivity index (χ4n) is 2.98. The van der Waals surface area contributed by atoms with Crippen molar-refractivity contribution in [3.05, 3.63) is 71.4 Å². The van der Waals surface area contributed by atoms with Gasteiger partial charge in [0.05, 0.1) is 5.69 Å². The van der Waals surface area contributed by atoms with Gasteiger partial charge in [-0.3, -0.25) is 0 Å². The maximum atomic E-state index is 12.9. The highest BCUT2D eigenvalue weighted by Crippen LogP contribution is 2.31. The van der Waals surface area contributed by atoms with E-state index in [1.54, 1.807) is 18.2 Å². The molecule has 2 heterocycles. The number of H-pyrrole nitrogens is 1. The number of hydrogen-bond acceptors (Lipinski definition) is 3. The smallest absolute Gasteiger partial charge is 0.394 e. The lowest BCUT2D eigenvalue weighted by molar-refractivity contribution is -0.158. The predicted octanol–water partition coefficient (Wildman–Crippen LogP) is 6.96. The molecule has 4 nitrogen and oxygen atoms in total. The van der Waals surface area contributed by atoms with E-state index in [2.05, 4.69) is 14.7 Å². The molecule has 29 heavy (non-hydrogen) atoms. The molecule has 0 saturated carbocycles. The lowest BCUT2D eigenvalue weighted by Gasteiger charge is -2.12. The molecular weight excluding hydrogens is 398 g/mol. The van der Waals surface area contributed by atoms with Crippen molar-refractivity contribution in [2.24, 2.45) is 0 Å². The van der Waals surface area contributed by atoms with Crippen LogP contribution in [0.1, 0.15) is 12.6 Å². The molecule has 4 rings (SSSR count). The average Bonchev–Trinajstić information content (AvgIpc) is 3.29. The maximum absolute atomic E-state index is 12.9. The van der Waals surface area contributed by atoms with Gasteiger partial charge in [-0.25, -0.2) is 4.98 Å². The first kappa shape index (κ1) is 19.2. The molecule has 148 valence electrons. The topological polar surface area (TPSA) is 51.0 Å². The molecule has 0 amide bonds. The molecule has 0 atom stereocenters. The van der Waals surface area contributed by atoms with Crippen molar-refractivity contribution in [3.8, 4) is 39.9 Å². The summed E-state index contributed by atoms with van der Waals surface area (Å²) < 4.78 is 36.3. The van der Waals surface area contributed by atoms with Gasteiger partial charge >= 0.3 is 6.11 Å². The molecule has 0 aliphatic heterocycles. The number of benzene rings is 2. The number of alkyl halides is 2. The molecule has 2 aromatic heterocycles. The van der Waals surface area contributed by atoms with Gasteiger partial charge in [-0.2, -0.15) is 8.78 Å². The summed E-state index contributed by atoms with van der Waals surface area (Å²) in [6.07, 6.45) is -3.22. The number of aromatic amines is 1. The van der Waals surface area contributed by atoms with Gasteiger partial charge < -0.3 is 14.1 Å². The molecule has 0 spiro atoms. The van der Waals surface area contributed by atoms with Crippen LogP contribution in [0.25, 0.3) is 34.2 Å². The van der Waals surface area contributed by atoms with Crippen LogP contribution in [0.5, 0.6) is 5.75 Å². The van der Waals surface area contributed by atoms with Gasteiger partial charge in [0.1, 0.15) is 11.5 Å². The third-order valence-electron chi connectivity index (χ3n) is 4.28. The first-order chi connectivity index (χ1) is 13.8. The summed E-state index contributed by atoms with van der Waals surface area (Å²) in [5, 5.41) is 0.664. The Balaban J connectivity index is 1.58. The molecule has 0 fully saturated rings. The number of rotatable bonds is 5. The highest BCUT2D eigenvalue weighted by atomic mass is 35.5. The van der Waals surface area contributed by atoms with Gasteiger partial charge in [-0.05, 0) is 55.5 Å². The van der Waals surface area contributed by atoms with Crippen LogP contribution in [0.3, 0.4) is 0 Å². The average molecular weight is 415 g/mol. The van der Waals surface area contributed by atoms with Crippen LogP contribution in [0.2, 0.25) is 5.02 Å². The third kappa shape index (κ3) is 4.32. The quantitative estimate of drug-likeness (QED) is 0.384. The number of hydrogen-bond donors (Lipinski definition) is 1. The van der Waals surface area contributed by atoms with E-state index in [4.69, 9.17) is 16.0 Å². The van der Waals surface area contributed by atoms with Crippen LogP contribution in [-0.2, 0) is 0 Å². The highest BCUT2D eigenvalue weighted by Gasteiger charge is 2.23. The van der Waals surface area contributed by atoms with Gasteiger partial charge in [0, 0.05) is 28.8 Å². The van der Waals surface area contributed by atoms with Crippen molar-refractivity contribution in [3.63, 3.8) is 0 Å². The number of imidazole rings is 1. The molecule has 2 aromatic carbocycles. The maximum Gasteiger partial charge on any atom is 0.394 e. The van der Waals surface area contributed by atoms with Crippen LogP contribution < -0.4 is 4.74 Å². The summed E-state index contributed by atoms with van der Waals surface area (Å²) in [6.45, 7) is 2.63. The zero-order chi connectivity index (χ0) is 20.6. The Morgan fingerprint density at radius 1 is 0.931 bits per heavy atom. The van der Waals surface area contributed by atoms with E-state index in [0.29, 0.717) is 29.3 Å². The second-order valence-electron chi connectivity index (χ2n) is 6.66. The van der Waals surface area contributed by atoms with Gasteiger partial charge in [-0.15, -0.1) is 0 Å². The summed E-state index contributed by atoms with van der Waals surface area (Å²) in [4.78, 5) is 7.88. The van der Waals surface area contributed by atoms with Crippen LogP contribution in [0.4, 0.5) is 8.78 Å². The largest absolute Gasteiger partial charge is 0.453 e. The number of ether oxygens (including phenoxy) is 1. The van der Waals surface area contributed by atoms with Crippen molar-refractivity contribution in [2.75, 3.05) is 0 Å². The van der Waals surface area contributed by atoms with E-state index in [9.17, 15) is 8.78 Å². The molecule has 7 heteroatoms. The molecule has 4 aromatic rings. The zero-order valence-corrected chi connectivity index (χ0v) is 16.4. The SMILES string of the molecule is Cc1[nH]c(-c2ccc(-c3ccc(OC(C)(F)F)cc3)o2)nc1-c1ccc(Cl)cc1. The second-order valence-corrected chi connectivity index (χ2v) is 7.10. The summed E-state index contributed by atoms with van der Waals surface area (Å²) in [5.41, 5.74) is 3.41. The Morgan fingerprint density at radius 2 is 1.55 bits per heavy atom. The first-order valence-electron chi connectivity index (χ1n) is 8.88. The predicted molar refractivity (Wildman–Crippen MR) is 108 cm³/mol. The number of aryl methyl sites for hydroxylation is 1. The van der Waals surface area contributed by atoms with E-state index < -0.39 is 6.11 Å². The van der Waals surface area contributed by atoms with Crippen LogP contribution in [-0.4, -0.2) is 16.1 Å². The minimum atomic E-state index is -3.22. The van der Waals surface area contributed by atoms with Gasteiger partial charge in [0.15, 0.2) is 11.6 Å². The lowest BCUT2D eigenvalue weighted by Crippen LogP contribution is -2.18. The van der Waals surface area contributed by atoms with E-state index in [1.807, 2.05) is 37.3 Å². The van der Waals surface area contributed by atoms with Gasteiger partial charge in [-0.1, -0.05) is 23.7 Å². The molecular formula is C22H17ClF2N2O2. The van der Waals surface area contributed by atoms with E-state index in [1.165, 1.54) is 12.1 Å². The van der Waals surface area contributed by atoms with Crippen LogP contribution in [0, 0.1) is 6.92 Å². The normalized spacial score (nSPS) is 11.6. The fraction of sp³-hybridized carbons (Fsp3) is 0.136. The number of halogens is 3. The van der Waals surface area contributed by atoms with Crippen molar-refractivity contribution < 1.29 is 17.9 Å². The first-order valence-corrected chi connectivity index (χ1v) is 9.26.